The second-order valence-corrected chi connectivity index (χ2v) is 5.38. The summed E-state index contributed by atoms with van der Waals surface area (Å²) < 4.78 is 5.11. The molecule has 2 heterocycles. The summed E-state index contributed by atoms with van der Waals surface area (Å²) in [6.07, 6.45) is 1.53. The van der Waals surface area contributed by atoms with Crippen LogP contribution in [0.1, 0.15) is 24.8 Å². The predicted molar refractivity (Wildman–Crippen MR) is 73.4 cm³/mol. The van der Waals surface area contributed by atoms with E-state index in [1.807, 2.05) is 30.3 Å². The van der Waals surface area contributed by atoms with Crippen molar-refractivity contribution in [1.82, 2.24) is 4.90 Å². The highest BCUT2D eigenvalue weighted by Gasteiger charge is 2.52. The number of hydrogen-bond acceptors (Lipinski definition) is 3. The van der Waals surface area contributed by atoms with Crippen LogP contribution in [0.15, 0.2) is 42.6 Å². The summed E-state index contributed by atoms with van der Waals surface area (Å²) in [7, 11) is 0. The molecular weight excluding hydrogens is 254 g/mol. The Morgan fingerprint density at radius 2 is 1.95 bits per heavy atom. The molecule has 0 radical (unpaired) electrons. The van der Waals surface area contributed by atoms with E-state index in [9.17, 15) is 9.59 Å². The second-order valence-electron chi connectivity index (χ2n) is 5.38. The first-order chi connectivity index (χ1) is 9.63. The van der Waals surface area contributed by atoms with Gasteiger partial charge in [-0.1, -0.05) is 36.9 Å². The molecule has 2 aliphatic rings. The molecule has 1 unspecified atom stereocenters. The van der Waals surface area contributed by atoms with Crippen molar-refractivity contribution >= 4 is 11.9 Å². The van der Waals surface area contributed by atoms with E-state index in [0.717, 1.165) is 5.56 Å². The van der Waals surface area contributed by atoms with Crippen molar-refractivity contribution < 1.29 is 14.3 Å². The van der Waals surface area contributed by atoms with Gasteiger partial charge in [0, 0.05) is 18.5 Å². The summed E-state index contributed by atoms with van der Waals surface area (Å²) in [5.41, 5.74) is 0.952. The monoisotopic (exact) mass is 271 g/mol. The lowest BCUT2D eigenvalue weighted by Gasteiger charge is -2.39. The van der Waals surface area contributed by atoms with E-state index in [2.05, 4.69) is 6.58 Å². The van der Waals surface area contributed by atoms with Crippen molar-refractivity contribution in [1.29, 1.82) is 0 Å². The lowest BCUT2D eigenvalue weighted by molar-refractivity contribution is -0.149. The molecule has 0 N–H and O–H groups in total. The molecule has 0 bridgehead atoms. The number of carbonyl (C=O) groups is 2. The van der Waals surface area contributed by atoms with E-state index >= 15 is 0 Å². The summed E-state index contributed by atoms with van der Waals surface area (Å²) in [5, 5.41) is 0. The van der Waals surface area contributed by atoms with Gasteiger partial charge in [-0.3, -0.25) is 9.59 Å². The fraction of sp³-hybridized carbons (Fsp3) is 0.375. The molecule has 104 valence electrons. The highest BCUT2D eigenvalue weighted by Crippen LogP contribution is 2.46. The van der Waals surface area contributed by atoms with Crippen LogP contribution < -0.4 is 0 Å². The molecule has 1 aromatic carbocycles. The fourth-order valence-corrected chi connectivity index (χ4v) is 3.01. The third kappa shape index (κ3) is 1.92. The van der Waals surface area contributed by atoms with Gasteiger partial charge in [0.1, 0.15) is 5.41 Å². The number of benzene rings is 1. The van der Waals surface area contributed by atoms with Crippen LogP contribution in [-0.2, 0) is 20.9 Å². The number of carbonyl (C=O) groups excluding carboxylic acids is 2. The third-order valence-electron chi connectivity index (χ3n) is 4.28. The molecule has 4 nitrogen and oxygen atoms in total. The summed E-state index contributed by atoms with van der Waals surface area (Å²) in [5.74, 6) is -0.197. The normalized spacial score (nSPS) is 26.2. The first-order valence-corrected chi connectivity index (χ1v) is 6.84. The van der Waals surface area contributed by atoms with Crippen LogP contribution in [0.2, 0.25) is 0 Å². The van der Waals surface area contributed by atoms with Crippen LogP contribution >= 0.6 is 0 Å². The molecule has 2 fully saturated rings. The Morgan fingerprint density at radius 1 is 1.20 bits per heavy atom. The minimum atomic E-state index is -0.678. The number of rotatable bonds is 2. The van der Waals surface area contributed by atoms with Gasteiger partial charge in [-0.05, 0) is 12.0 Å². The van der Waals surface area contributed by atoms with E-state index in [4.69, 9.17) is 4.74 Å². The second kappa shape index (κ2) is 4.78. The molecule has 4 heteroatoms. The lowest BCUT2D eigenvalue weighted by Crippen LogP contribution is -2.45. The third-order valence-corrected chi connectivity index (χ3v) is 4.28. The summed E-state index contributed by atoms with van der Waals surface area (Å²) >= 11 is 0. The molecular formula is C16H17NO3. The minimum absolute atomic E-state index is 0.0316. The number of likely N-dealkylation sites (tertiary alicyclic amines) is 1. The number of amides is 1. The standard InChI is InChI=1S/C16H17NO3/c1-12-16(9-10-20-15(16)19)8-7-14(18)17(12)11-13-5-3-2-4-6-13/h2-6H,1,7-11H2. The molecule has 3 rings (SSSR count). The molecule has 1 spiro atoms. The number of ether oxygens (including phenoxy) is 1. The van der Waals surface area contributed by atoms with E-state index in [0.29, 0.717) is 38.1 Å². The average molecular weight is 271 g/mol. The van der Waals surface area contributed by atoms with Crippen molar-refractivity contribution in [3.8, 4) is 0 Å². The van der Waals surface area contributed by atoms with Gasteiger partial charge in [0.2, 0.25) is 5.91 Å². The number of piperidine rings is 1. The smallest absolute Gasteiger partial charge is 0.318 e. The molecule has 0 aromatic heterocycles. The molecule has 0 aliphatic carbocycles. The van der Waals surface area contributed by atoms with Crippen LogP contribution in [-0.4, -0.2) is 23.4 Å². The van der Waals surface area contributed by atoms with Gasteiger partial charge >= 0.3 is 5.97 Å². The van der Waals surface area contributed by atoms with Crippen molar-refractivity contribution in [2.75, 3.05) is 6.61 Å². The SMILES string of the molecule is C=C1N(Cc2ccccc2)C(=O)CCC12CCOC2=O. The Morgan fingerprint density at radius 3 is 2.60 bits per heavy atom. The predicted octanol–water partition coefficient (Wildman–Crippen LogP) is 2.26. The van der Waals surface area contributed by atoms with Gasteiger partial charge in [0.15, 0.2) is 0 Å². The quantitative estimate of drug-likeness (QED) is 0.775. The minimum Gasteiger partial charge on any atom is -0.465 e. The van der Waals surface area contributed by atoms with Gasteiger partial charge < -0.3 is 9.64 Å². The topological polar surface area (TPSA) is 46.6 Å². The highest BCUT2D eigenvalue weighted by molar-refractivity contribution is 5.88. The zero-order valence-electron chi connectivity index (χ0n) is 11.3. The lowest BCUT2D eigenvalue weighted by atomic mass is 9.75. The Balaban J connectivity index is 1.87. The summed E-state index contributed by atoms with van der Waals surface area (Å²) in [4.78, 5) is 25.9. The average Bonchev–Trinajstić information content (AvgIpc) is 2.83. The van der Waals surface area contributed by atoms with Gasteiger partial charge in [0.05, 0.1) is 13.2 Å². The fourth-order valence-electron chi connectivity index (χ4n) is 3.01. The zero-order valence-corrected chi connectivity index (χ0v) is 11.3. The molecule has 20 heavy (non-hydrogen) atoms. The Kier molecular flexibility index (Phi) is 3.08. The molecule has 1 aromatic rings. The molecule has 0 saturated carbocycles. The van der Waals surface area contributed by atoms with Crippen LogP contribution in [0.5, 0.6) is 0 Å². The van der Waals surface area contributed by atoms with Gasteiger partial charge in [-0.2, -0.15) is 0 Å². The maximum absolute atomic E-state index is 12.2. The van der Waals surface area contributed by atoms with E-state index in [1.165, 1.54) is 0 Å². The maximum Gasteiger partial charge on any atom is 0.318 e. The first kappa shape index (κ1) is 12.9. The number of cyclic esters (lactones) is 1. The van der Waals surface area contributed by atoms with Gasteiger partial charge in [0.25, 0.3) is 0 Å². The van der Waals surface area contributed by atoms with E-state index in [1.54, 1.807) is 4.90 Å². The van der Waals surface area contributed by atoms with Crippen LogP contribution in [0.3, 0.4) is 0 Å². The Hall–Kier alpha value is -2.10. The number of nitrogens with zero attached hydrogens (tertiary/aromatic N) is 1. The van der Waals surface area contributed by atoms with Crippen LogP contribution in [0.4, 0.5) is 0 Å². The van der Waals surface area contributed by atoms with Crippen LogP contribution in [0, 0.1) is 5.41 Å². The zero-order chi connectivity index (χ0) is 14.2. The van der Waals surface area contributed by atoms with Crippen molar-refractivity contribution in [2.45, 2.75) is 25.8 Å². The number of esters is 1. The first-order valence-electron chi connectivity index (χ1n) is 6.84. The largest absolute Gasteiger partial charge is 0.465 e. The van der Waals surface area contributed by atoms with E-state index in [-0.39, 0.29) is 11.9 Å². The van der Waals surface area contributed by atoms with Gasteiger partial charge in [-0.15, -0.1) is 0 Å². The molecule has 2 saturated heterocycles. The van der Waals surface area contributed by atoms with E-state index < -0.39 is 5.41 Å². The van der Waals surface area contributed by atoms with Crippen molar-refractivity contribution in [3.63, 3.8) is 0 Å². The molecule has 1 amide bonds. The summed E-state index contributed by atoms with van der Waals surface area (Å²) in [6, 6.07) is 9.74. The Labute approximate surface area is 118 Å². The molecule has 1 atom stereocenters. The number of hydrogen-bond donors (Lipinski definition) is 0. The van der Waals surface area contributed by atoms with Gasteiger partial charge in [-0.25, -0.2) is 0 Å². The Bertz CT molecular complexity index is 566. The van der Waals surface area contributed by atoms with Crippen molar-refractivity contribution in [2.24, 2.45) is 5.41 Å². The molecule has 2 aliphatic heterocycles. The highest BCUT2D eigenvalue weighted by atomic mass is 16.5. The van der Waals surface area contributed by atoms with Crippen molar-refractivity contribution in [3.05, 3.63) is 48.2 Å². The maximum atomic E-state index is 12.2. The summed E-state index contributed by atoms with van der Waals surface area (Å²) in [6.45, 7) is 4.92. The van der Waals surface area contributed by atoms with Crippen LogP contribution in [0.25, 0.3) is 0 Å².